The molecular formula is C17H17NO8S. The molecular weight excluding hydrogens is 378 g/mol. The molecule has 1 aromatic rings. The molecule has 0 saturated carbocycles. The summed E-state index contributed by atoms with van der Waals surface area (Å²) in [5, 5.41) is 7.21. The van der Waals surface area contributed by atoms with Crippen LogP contribution in [-0.2, 0) is 23.9 Å². The number of carboxylic acids is 1. The number of carbonyl (C=O) groups excluding carboxylic acids is 4. The lowest BCUT2D eigenvalue weighted by Gasteiger charge is -2.19. The normalized spacial score (nSPS) is 17.6. The summed E-state index contributed by atoms with van der Waals surface area (Å²) in [5.74, 6) is -3.89. The van der Waals surface area contributed by atoms with Crippen molar-refractivity contribution in [3.63, 3.8) is 0 Å². The van der Waals surface area contributed by atoms with Crippen molar-refractivity contribution in [3.8, 4) is 0 Å². The van der Waals surface area contributed by atoms with E-state index in [0.29, 0.717) is 0 Å². The maximum atomic E-state index is 12.7. The van der Waals surface area contributed by atoms with Crippen LogP contribution < -0.4 is 4.90 Å². The van der Waals surface area contributed by atoms with Crippen molar-refractivity contribution < 1.29 is 38.6 Å². The van der Waals surface area contributed by atoms with Gasteiger partial charge in [-0.2, -0.15) is 0 Å². The highest BCUT2D eigenvalue weighted by Crippen LogP contribution is 2.34. The summed E-state index contributed by atoms with van der Waals surface area (Å²) in [6.45, 7) is 1.41. The highest BCUT2D eigenvalue weighted by molar-refractivity contribution is 8.01. The summed E-state index contributed by atoms with van der Waals surface area (Å²) in [6.07, 6.45) is -0.218. The van der Waals surface area contributed by atoms with E-state index in [1.807, 2.05) is 0 Å². The van der Waals surface area contributed by atoms with Crippen molar-refractivity contribution >= 4 is 47.2 Å². The van der Waals surface area contributed by atoms with Crippen LogP contribution in [0.3, 0.4) is 0 Å². The predicted molar refractivity (Wildman–Crippen MR) is 94.7 cm³/mol. The molecule has 1 fully saturated rings. The number of amides is 2. The molecule has 2 unspecified atom stereocenters. The van der Waals surface area contributed by atoms with E-state index in [4.69, 9.17) is 5.11 Å². The van der Waals surface area contributed by atoms with Crippen molar-refractivity contribution in [1.82, 2.24) is 0 Å². The number of anilines is 1. The zero-order valence-electron chi connectivity index (χ0n) is 14.8. The number of thioether (sulfide) groups is 1. The van der Waals surface area contributed by atoms with Crippen molar-refractivity contribution in [2.45, 2.75) is 23.8 Å². The van der Waals surface area contributed by atoms with E-state index < -0.39 is 40.2 Å². The number of carbonyl (C=O) groups is 5. The number of carboxylic acid groups (broad SMARTS) is 1. The largest absolute Gasteiger partial charge is 0.480 e. The third kappa shape index (κ3) is 4.11. The maximum Gasteiger partial charge on any atom is 0.339 e. The Morgan fingerprint density at radius 1 is 1.19 bits per heavy atom. The molecule has 1 aliphatic rings. The minimum atomic E-state index is -1.11. The van der Waals surface area contributed by atoms with Crippen LogP contribution >= 0.6 is 11.8 Å². The van der Waals surface area contributed by atoms with Crippen LogP contribution in [0.25, 0.3) is 0 Å². The molecule has 0 aliphatic carbocycles. The zero-order chi connectivity index (χ0) is 20.3. The van der Waals surface area contributed by atoms with Crippen molar-refractivity contribution in [2.24, 2.45) is 0 Å². The fourth-order valence-corrected chi connectivity index (χ4v) is 3.58. The molecule has 1 N–H and O–H groups in total. The number of aliphatic carboxylic acids is 1. The Labute approximate surface area is 158 Å². The van der Waals surface area contributed by atoms with E-state index in [2.05, 4.69) is 9.47 Å². The monoisotopic (exact) mass is 395 g/mol. The molecule has 0 radical (unpaired) electrons. The average molecular weight is 395 g/mol. The third-order valence-corrected chi connectivity index (χ3v) is 5.19. The first-order chi connectivity index (χ1) is 12.7. The van der Waals surface area contributed by atoms with Gasteiger partial charge in [0, 0.05) is 6.42 Å². The second-order valence-corrected chi connectivity index (χ2v) is 7.14. The van der Waals surface area contributed by atoms with E-state index in [0.717, 1.165) is 23.8 Å². The molecule has 0 bridgehead atoms. The van der Waals surface area contributed by atoms with Crippen molar-refractivity contribution in [1.29, 1.82) is 0 Å². The molecule has 144 valence electrons. The van der Waals surface area contributed by atoms with Crippen molar-refractivity contribution in [2.75, 3.05) is 19.1 Å². The summed E-state index contributed by atoms with van der Waals surface area (Å²) in [6, 6.07) is 3.77. The van der Waals surface area contributed by atoms with E-state index in [-0.39, 0.29) is 23.2 Å². The Balaban J connectivity index is 2.46. The summed E-state index contributed by atoms with van der Waals surface area (Å²) in [7, 11) is 2.31. The van der Waals surface area contributed by atoms with Gasteiger partial charge >= 0.3 is 17.9 Å². The van der Waals surface area contributed by atoms with Crippen LogP contribution in [0.4, 0.5) is 5.69 Å². The first-order valence-corrected chi connectivity index (χ1v) is 8.71. The number of rotatable bonds is 6. The summed E-state index contributed by atoms with van der Waals surface area (Å²) in [4.78, 5) is 60.8. The third-order valence-electron chi connectivity index (χ3n) is 3.89. The van der Waals surface area contributed by atoms with E-state index in [1.54, 1.807) is 0 Å². The first-order valence-electron chi connectivity index (χ1n) is 7.77. The minimum absolute atomic E-state index is 0.0377. The van der Waals surface area contributed by atoms with Crippen molar-refractivity contribution in [3.05, 3.63) is 29.3 Å². The summed E-state index contributed by atoms with van der Waals surface area (Å²) >= 11 is 0.841. The lowest BCUT2D eigenvalue weighted by molar-refractivity contribution is -0.136. The fraction of sp³-hybridized carbons (Fsp3) is 0.353. The number of benzene rings is 1. The molecule has 2 rings (SSSR count). The van der Waals surface area contributed by atoms with E-state index >= 15 is 0 Å². The number of esters is 2. The van der Waals surface area contributed by atoms with Gasteiger partial charge in [-0.25, -0.2) is 14.5 Å². The Morgan fingerprint density at radius 3 is 2.37 bits per heavy atom. The summed E-state index contributed by atoms with van der Waals surface area (Å²) < 4.78 is 9.29. The van der Waals surface area contributed by atoms with Crippen LogP contribution in [0.1, 0.15) is 34.1 Å². The lowest BCUT2D eigenvalue weighted by Crippen LogP contribution is -2.33. The zero-order valence-corrected chi connectivity index (χ0v) is 15.6. The predicted octanol–water partition coefficient (Wildman–Crippen LogP) is 1.10. The highest BCUT2D eigenvalue weighted by Gasteiger charge is 2.43. The van der Waals surface area contributed by atoms with Crippen LogP contribution in [0, 0.1) is 0 Å². The summed E-state index contributed by atoms with van der Waals surface area (Å²) in [5.41, 5.74) is -0.148. The Kier molecular flexibility index (Phi) is 6.21. The minimum Gasteiger partial charge on any atom is -0.480 e. The number of nitrogens with zero attached hydrogens (tertiary/aromatic N) is 1. The van der Waals surface area contributed by atoms with Gasteiger partial charge in [0.15, 0.2) is 0 Å². The molecule has 9 nitrogen and oxygen atoms in total. The van der Waals surface area contributed by atoms with E-state index in [9.17, 15) is 24.0 Å². The topological polar surface area (TPSA) is 127 Å². The van der Waals surface area contributed by atoms with Gasteiger partial charge in [0.2, 0.25) is 11.8 Å². The number of ether oxygens (including phenoxy) is 2. The van der Waals surface area contributed by atoms with Gasteiger partial charge in [-0.05, 0) is 25.1 Å². The molecule has 2 amide bonds. The maximum absolute atomic E-state index is 12.7. The van der Waals surface area contributed by atoms with Gasteiger partial charge in [-0.15, -0.1) is 11.8 Å². The molecule has 0 aromatic heterocycles. The van der Waals surface area contributed by atoms with Crippen LogP contribution in [0.2, 0.25) is 0 Å². The number of imide groups is 1. The molecule has 1 aromatic carbocycles. The Hall–Kier alpha value is -2.88. The molecule has 2 atom stereocenters. The fourth-order valence-electron chi connectivity index (χ4n) is 2.51. The van der Waals surface area contributed by atoms with Gasteiger partial charge in [-0.3, -0.25) is 14.4 Å². The Morgan fingerprint density at radius 2 is 1.81 bits per heavy atom. The van der Waals surface area contributed by atoms with Gasteiger partial charge in [0.05, 0.1) is 36.3 Å². The smallest absolute Gasteiger partial charge is 0.339 e. The van der Waals surface area contributed by atoms with Crippen LogP contribution in [-0.4, -0.2) is 59.5 Å². The van der Waals surface area contributed by atoms with Crippen LogP contribution in [0.5, 0.6) is 0 Å². The highest BCUT2D eigenvalue weighted by atomic mass is 32.2. The van der Waals surface area contributed by atoms with Gasteiger partial charge in [-0.1, -0.05) is 0 Å². The molecule has 1 heterocycles. The standard InChI is InChI=1S/C17H17NO8S/c1-8(15(21)22)27-12-7-13(19)18(14(12)20)11-6-9(16(23)25-2)4-5-10(11)17(24)26-3/h4-6,8,12H,7H2,1-3H3,(H,21,22). The molecule has 0 spiro atoms. The average Bonchev–Trinajstić information content (AvgIpc) is 2.92. The molecule has 27 heavy (non-hydrogen) atoms. The van der Waals surface area contributed by atoms with Gasteiger partial charge in [0.25, 0.3) is 0 Å². The number of hydrogen-bond donors (Lipinski definition) is 1. The first kappa shape index (κ1) is 20.4. The lowest BCUT2D eigenvalue weighted by atomic mass is 10.1. The second-order valence-electron chi connectivity index (χ2n) is 5.59. The Bertz CT molecular complexity index is 821. The SMILES string of the molecule is COC(=O)c1ccc(C(=O)OC)c(N2C(=O)CC(SC(C)C(=O)O)C2=O)c1. The second kappa shape index (κ2) is 8.21. The van der Waals surface area contributed by atoms with Gasteiger partial charge in [0.1, 0.15) is 5.25 Å². The molecule has 1 aliphatic heterocycles. The quantitative estimate of drug-likeness (QED) is 0.556. The van der Waals surface area contributed by atoms with E-state index in [1.165, 1.54) is 32.2 Å². The van der Waals surface area contributed by atoms with Gasteiger partial charge < -0.3 is 14.6 Å². The van der Waals surface area contributed by atoms with Crippen LogP contribution in [0.15, 0.2) is 18.2 Å². The number of hydrogen-bond acceptors (Lipinski definition) is 8. The molecule has 1 saturated heterocycles. The number of methoxy groups -OCH3 is 2. The molecule has 10 heteroatoms.